The van der Waals surface area contributed by atoms with Crippen LogP contribution in [0.1, 0.15) is 5.56 Å². The molecule has 0 aliphatic heterocycles. The van der Waals surface area contributed by atoms with Crippen molar-refractivity contribution in [2.45, 2.75) is 16.8 Å². The second-order valence-corrected chi connectivity index (χ2v) is 7.12. The second kappa shape index (κ2) is 6.34. The average Bonchev–Trinajstić information content (AvgIpc) is 2.95. The number of benzene rings is 2. The largest absolute Gasteiger partial charge is 0.292 e. The molecule has 24 heavy (non-hydrogen) atoms. The van der Waals surface area contributed by atoms with Crippen molar-refractivity contribution in [1.82, 2.24) is 9.38 Å². The van der Waals surface area contributed by atoms with E-state index in [-0.39, 0.29) is 0 Å². The Labute approximate surface area is 150 Å². The first-order valence-corrected chi connectivity index (χ1v) is 8.88. The lowest BCUT2D eigenvalue weighted by Gasteiger charge is -2.06. The minimum atomic E-state index is 0.699. The predicted octanol–water partition coefficient (Wildman–Crippen LogP) is 6.11. The summed E-state index contributed by atoms with van der Waals surface area (Å²) in [6.07, 6.45) is 1.92. The molecule has 0 saturated heterocycles. The van der Waals surface area contributed by atoms with Crippen molar-refractivity contribution in [3.8, 4) is 11.3 Å². The number of hydrogen-bond donors (Lipinski definition) is 0. The molecule has 0 aliphatic carbocycles. The number of fused-ring (bicyclic) bond motifs is 1. The van der Waals surface area contributed by atoms with Crippen molar-refractivity contribution in [1.29, 1.82) is 0 Å². The zero-order valence-electron chi connectivity index (χ0n) is 13.1. The molecule has 0 amide bonds. The molecule has 0 N–H and O–H groups in total. The van der Waals surface area contributed by atoms with Crippen LogP contribution in [-0.4, -0.2) is 9.38 Å². The van der Waals surface area contributed by atoms with Gasteiger partial charge in [0.15, 0.2) is 0 Å². The molecule has 4 rings (SSSR count). The topological polar surface area (TPSA) is 17.3 Å². The Balaban J connectivity index is 1.90. The molecular weight excluding hydrogens is 336 g/mol. The molecular formula is C20H15ClN2S. The van der Waals surface area contributed by atoms with E-state index in [1.54, 1.807) is 11.8 Å². The van der Waals surface area contributed by atoms with Crippen molar-refractivity contribution >= 4 is 29.0 Å². The maximum atomic E-state index is 6.21. The van der Waals surface area contributed by atoms with Gasteiger partial charge in [-0.15, -0.1) is 0 Å². The normalized spacial score (nSPS) is 11.1. The first-order valence-electron chi connectivity index (χ1n) is 7.68. The lowest BCUT2D eigenvalue weighted by molar-refractivity contribution is 1.05. The number of rotatable bonds is 3. The highest BCUT2D eigenvalue weighted by Crippen LogP contribution is 2.37. The lowest BCUT2D eigenvalue weighted by Crippen LogP contribution is -1.87. The molecule has 118 valence electrons. The summed E-state index contributed by atoms with van der Waals surface area (Å²) in [6.45, 7) is 2.10. The van der Waals surface area contributed by atoms with Gasteiger partial charge in [0.2, 0.25) is 0 Å². The molecule has 0 unspecified atom stereocenters. The molecule has 0 atom stereocenters. The summed E-state index contributed by atoms with van der Waals surface area (Å²) in [7, 11) is 0. The Bertz CT molecular complexity index is 992. The van der Waals surface area contributed by atoms with E-state index in [4.69, 9.17) is 16.6 Å². The van der Waals surface area contributed by atoms with Crippen molar-refractivity contribution < 1.29 is 0 Å². The smallest absolute Gasteiger partial charge is 0.138 e. The highest BCUT2D eigenvalue weighted by atomic mass is 35.5. The summed E-state index contributed by atoms with van der Waals surface area (Å²) >= 11 is 7.92. The third-order valence-electron chi connectivity index (χ3n) is 3.82. The van der Waals surface area contributed by atoms with Gasteiger partial charge >= 0.3 is 0 Å². The van der Waals surface area contributed by atoms with Crippen LogP contribution in [0.5, 0.6) is 0 Å². The Morgan fingerprint density at radius 1 is 0.917 bits per heavy atom. The maximum absolute atomic E-state index is 6.21. The van der Waals surface area contributed by atoms with E-state index in [2.05, 4.69) is 47.7 Å². The number of nitrogens with zero attached hydrogens (tertiary/aromatic N) is 2. The van der Waals surface area contributed by atoms with Crippen LogP contribution in [0.4, 0.5) is 0 Å². The molecule has 4 heteroatoms. The fourth-order valence-corrected chi connectivity index (χ4v) is 3.76. The van der Waals surface area contributed by atoms with Gasteiger partial charge in [0, 0.05) is 16.7 Å². The van der Waals surface area contributed by atoms with Gasteiger partial charge in [0.25, 0.3) is 0 Å². The molecule has 0 radical (unpaired) electrons. The van der Waals surface area contributed by atoms with Crippen LogP contribution in [0, 0.1) is 6.92 Å². The third-order valence-corrected chi connectivity index (χ3v) is 5.14. The van der Waals surface area contributed by atoms with Crippen LogP contribution in [0.15, 0.2) is 82.8 Å². The predicted molar refractivity (Wildman–Crippen MR) is 101 cm³/mol. The molecule has 0 saturated carbocycles. The minimum absolute atomic E-state index is 0.699. The molecule has 2 heterocycles. The van der Waals surface area contributed by atoms with E-state index in [0.29, 0.717) is 5.02 Å². The maximum Gasteiger partial charge on any atom is 0.138 e. The molecule has 0 bridgehead atoms. The van der Waals surface area contributed by atoms with Crippen LogP contribution in [0.25, 0.3) is 16.9 Å². The summed E-state index contributed by atoms with van der Waals surface area (Å²) < 4.78 is 2.06. The van der Waals surface area contributed by atoms with Gasteiger partial charge in [-0.05, 0) is 31.2 Å². The van der Waals surface area contributed by atoms with Crippen molar-refractivity contribution in [2.24, 2.45) is 0 Å². The van der Waals surface area contributed by atoms with Crippen LogP contribution in [-0.2, 0) is 0 Å². The quantitative estimate of drug-likeness (QED) is 0.443. The van der Waals surface area contributed by atoms with E-state index in [0.717, 1.165) is 21.9 Å². The molecule has 2 aromatic carbocycles. The molecule has 0 fully saturated rings. The lowest BCUT2D eigenvalue weighted by atomic mass is 10.2. The molecule has 2 aromatic heterocycles. The van der Waals surface area contributed by atoms with E-state index in [9.17, 15) is 0 Å². The fourth-order valence-electron chi connectivity index (χ4n) is 2.60. The molecule has 2 nitrogen and oxygen atoms in total. The summed E-state index contributed by atoms with van der Waals surface area (Å²) in [4.78, 5) is 6.00. The highest BCUT2D eigenvalue weighted by molar-refractivity contribution is 7.99. The van der Waals surface area contributed by atoms with Crippen LogP contribution < -0.4 is 0 Å². The second-order valence-electron chi connectivity index (χ2n) is 5.62. The number of hydrogen-bond acceptors (Lipinski definition) is 2. The zero-order chi connectivity index (χ0) is 16.5. The van der Waals surface area contributed by atoms with Gasteiger partial charge < -0.3 is 0 Å². The van der Waals surface area contributed by atoms with E-state index < -0.39 is 0 Å². The Morgan fingerprint density at radius 2 is 1.67 bits per heavy atom. The monoisotopic (exact) mass is 350 g/mol. The van der Waals surface area contributed by atoms with Crippen molar-refractivity contribution in [2.75, 3.05) is 0 Å². The molecule has 0 aliphatic rings. The van der Waals surface area contributed by atoms with Crippen LogP contribution >= 0.6 is 23.4 Å². The van der Waals surface area contributed by atoms with E-state index in [1.165, 1.54) is 10.5 Å². The van der Waals surface area contributed by atoms with Gasteiger partial charge in [-0.1, -0.05) is 71.4 Å². The van der Waals surface area contributed by atoms with Crippen molar-refractivity contribution in [3.63, 3.8) is 0 Å². The number of aryl methyl sites for hydroxylation is 1. The van der Waals surface area contributed by atoms with Gasteiger partial charge in [0.05, 0.1) is 5.02 Å². The first-order chi connectivity index (χ1) is 11.7. The SMILES string of the molecule is Cc1ccc(Sc2c(-c3ccccc3)nc3ccc(Cl)cn23)cc1. The third kappa shape index (κ3) is 2.93. The Hall–Kier alpha value is -2.23. The van der Waals surface area contributed by atoms with Crippen molar-refractivity contribution in [3.05, 3.63) is 83.5 Å². The molecule has 0 spiro atoms. The average molecular weight is 351 g/mol. The number of halogens is 1. The van der Waals surface area contributed by atoms with Crippen LogP contribution in [0.3, 0.4) is 0 Å². The minimum Gasteiger partial charge on any atom is -0.292 e. The fraction of sp³-hybridized carbons (Fsp3) is 0.0500. The number of imidazole rings is 1. The number of pyridine rings is 1. The van der Waals surface area contributed by atoms with Crippen LogP contribution in [0.2, 0.25) is 5.02 Å². The zero-order valence-corrected chi connectivity index (χ0v) is 14.7. The van der Waals surface area contributed by atoms with Gasteiger partial charge in [0.1, 0.15) is 16.4 Å². The molecule has 4 aromatic rings. The summed E-state index contributed by atoms with van der Waals surface area (Å²) in [6, 6.07) is 22.6. The standard InChI is InChI=1S/C20H15ClN2S/c1-14-7-10-17(11-8-14)24-20-19(15-5-3-2-4-6-15)22-18-12-9-16(21)13-23(18)20/h2-13H,1H3. The Kier molecular flexibility index (Phi) is 4.05. The first kappa shape index (κ1) is 15.3. The Morgan fingerprint density at radius 3 is 2.42 bits per heavy atom. The highest BCUT2D eigenvalue weighted by Gasteiger charge is 2.15. The van der Waals surface area contributed by atoms with Gasteiger partial charge in [-0.25, -0.2) is 4.98 Å². The summed E-state index contributed by atoms with van der Waals surface area (Å²) in [5.74, 6) is 0. The van der Waals surface area contributed by atoms with Gasteiger partial charge in [-0.2, -0.15) is 0 Å². The summed E-state index contributed by atoms with van der Waals surface area (Å²) in [5, 5.41) is 1.77. The van der Waals surface area contributed by atoms with Gasteiger partial charge in [-0.3, -0.25) is 4.40 Å². The summed E-state index contributed by atoms with van der Waals surface area (Å²) in [5.41, 5.74) is 4.23. The number of aromatic nitrogens is 2. The van der Waals surface area contributed by atoms with E-state index >= 15 is 0 Å². The van der Waals surface area contributed by atoms with E-state index in [1.807, 2.05) is 36.5 Å².